The van der Waals surface area contributed by atoms with E-state index in [2.05, 4.69) is 15.9 Å². The summed E-state index contributed by atoms with van der Waals surface area (Å²) in [6.45, 7) is 1.60. The van der Waals surface area contributed by atoms with Crippen LogP contribution in [0.5, 0.6) is 5.75 Å². The average molecular weight is 298 g/mol. The molecule has 1 heterocycles. The van der Waals surface area contributed by atoms with Gasteiger partial charge in [0.2, 0.25) is 0 Å². The summed E-state index contributed by atoms with van der Waals surface area (Å²) in [6, 6.07) is 6.73. The van der Waals surface area contributed by atoms with E-state index in [4.69, 9.17) is 0 Å². The molecule has 1 saturated heterocycles. The fourth-order valence-corrected chi connectivity index (χ4v) is 2.88. The van der Waals surface area contributed by atoms with E-state index < -0.39 is 0 Å². The quantitative estimate of drug-likeness (QED) is 0.872. The molecule has 0 radical (unpaired) electrons. The second-order valence-electron chi connectivity index (χ2n) is 4.40. The van der Waals surface area contributed by atoms with Crippen LogP contribution in [-0.4, -0.2) is 34.3 Å². The van der Waals surface area contributed by atoms with Crippen LogP contribution < -0.4 is 0 Å². The molecule has 1 atom stereocenters. The molecule has 0 aromatic heterocycles. The zero-order chi connectivity index (χ0) is 12.3. The number of phenols is 1. The van der Waals surface area contributed by atoms with E-state index in [1.807, 2.05) is 4.90 Å². The van der Waals surface area contributed by atoms with Crippen molar-refractivity contribution in [1.29, 1.82) is 0 Å². The maximum absolute atomic E-state index is 12.2. The van der Waals surface area contributed by atoms with Crippen molar-refractivity contribution >= 4 is 21.8 Å². The minimum atomic E-state index is -0.0554. The zero-order valence-corrected chi connectivity index (χ0v) is 11.2. The van der Waals surface area contributed by atoms with Gasteiger partial charge in [-0.3, -0.25) is 4.79 Å². The number of hydrogen-bond donors (Lipinski definition) is 1. The molecule has 0 spiro atoms. The van der Waals surface area contributed by atoms with E-state index in [0.29, 0.717) is 11.5 Å². The highest BCUT2D eigenvalue weighted by Gasteiger charge is 2.27. The first-order chi connectivity index (χ1) is 8.22. The van der Waals surface area contributed by atoms with Gasteiger partial charge in [0.15, 0.2) is 0 Å². The Hall–Kier alpha value is -1.03. The summed E-state index contributed by atoms with van der Waals surface area (Å²) in [4.78, 5) is 14.0. The van der Waals surface area contributed by atoms with Gasteiger partial charge in [-0.2, -0.15) is 0 Å². The molecule has 1 N–H and O–H groups in total. The third kappa shape index (κ3) is 2.80. The molecule has 92 valence electrons. The number of hydrogen-bond acceptors (Lipinski definition) is 2. The van der Waals surface area contributed by atoms with Crippen molar-refractivity contribution in [3.8, 4) is 5.75 Å². The monoisotopic (exact) mass is 297 g/mol. The molecule has 2 rings (SSSR count). The maximum atomic E-state index is 12.2. The van der Waals surface area contributed by atoms with Crippen LogP contribution in [0.2, 0.25) is 0 Å². The van der Waals surface area contributed by atoms with E-state index in [-0.39, 0.29) is 11.7 Å². The third-order valence-corrected chi connectivity index (χ3v) is 3.68. The predicted octanol–water partition coefficient (Wildman–Crippen LogP) is 2.64. The number of carbonyl (C=O) groups is 1. The van der Waals surface area contributed by atoms with Crippen molar-refractivity contribution in [2.45, 2.75) is 12.8 Å². The normalized spacial score (nSPS) is 19.6. The number of nitrogens with zero attached hydrogens (tertiary/aromatic N) is 1. The summed E-state index contributed by atoms with van der Waals surface area (Å²) in [5, 5.41) is 10.6. The predicted molar refractivity (Wildman–Crippen MR) is 70.5 cm³/mol. The topological polar surface area (TPSA) is 40.5 Å². The maximum Gasteiger partial charge on any atom is 0.257 e. The molecule has 0 bridgehead atoms. The van der Waals surface area contributed by atoms with Gasteiger partial charge < -0.3 is 10.0 Å². The lowest BCUT2D eigenvalue weighted by Gasteiger charge is -2.17. The largest absolute Gasteiger partial charge is 0.507 e. The van der Waals surface area contributed by atoms with Crippen molar-refractivity contribution in [2.24, 2.45) is 5.92 Å². The number of para-hydroxylation sites is 1. The van der Waals surface area contributed by atoms with Gasteiger partial charge in [0, 0.05) is 18.4 Å². The number of carbonyl (C=O) groups excluding carboxylic acids is 1. The van der Waals surface area contributed by atoms with Gasteiger partial charge in [-0.15, -0.1) is 0 Å². The number of rotatable bonds is 3. The molecule has 0 saturated carbocycles. The van der Waals surface area contributed by atoms with Gasteiger partial charge in [-0.1, -0.05) is 28.1 Å². The SMILES string of the molecule is O=C(c1ccccc1O)N1CCC(CCBr)C1. The summed E-state index contributed by atoms with van der Waals surface area (Å²) in [5.41, 5.74) is 0.409. The van der Waals surface area contributed by atoms with Crippen LogP contribution in [0.25, 0.3) is 0 Å². The van der Waals surface area contributed by atoms with E-state index in [1.165, 1.54) is 0 Å². The van der Waals surface area contributed by atoms with E-state index in [0.717, 1.165) is 31.3 Å². The molecule has 0 aliphatic carbocycles. The number of amides is 1. The van der Waals surface area contributed by atoms with Crippen molar-refractivity contribution in [1.82, 2.24) is 4.90 Å². The van der Waals surface area contributed by atoms with Crippen LogP contribution in [0.4, 0.5) is 0 Å². The Morgan fingerprint density at radius 3 is 2.94 bits per heavy atom. The average Bonchev–Trinajstić information content (AvgIpc) is 2.78. The molecule has 1 fully saturated rings. The van der Waals surface area contributed by atoms with Crippen molar-refractivity contribution in [2.75, 3.05) is 18.4 Å². The smallest absolute Gasteiger partial charge is 0.257 e. The molecule has 17 heavy (non-hydrogen) atoms. The van der Waals surface area contributed by atoms with Gasteiger partial charge >= 0.3 is 0 Å². The van der Waals surface area contributed by atoms with Crippen molar-refractivity contribution in [3.63, 3.8) is 0 Å². The number of aromatic hydroxyl groups is 1. The summed E-state index contributed by atoms with van der Waals surface area (Å²) < 4.78 is 0. The molecule has 4 heteroatoms. The Bertz CT molecular complexity index is 408. The number of benzene rings is 1. The molecule has 1 aliphatic heterocycles. The Kier molecular flexibility index (Phi) is 4.05. The summed E-state index contributed by atoms with van der Waals surface area (Å²) in [6.07, 6.45) is 2.16. The minimum absolute atomic E-state index is 0.0554. The number of phenolic OH excluding ortho intramolecular Hbond substituents is 1. The van der Waals surface area contributed by atoms with E-state index in [9.17, 15) is 9.90 Å². The number of likely N-dealkylation sites (tertiary alicyclic amines) is 1. The number of halogens is 1. The Morgan fingerprint density at radius 2 is 2.24 bits per heavy atom. The van der Waals surface area contributed by atoms with Gasteiger partial charge in [-0.05, 0) is 30.9 Å². The lowest BCUT2D eigenvalue weighted by Crippen LogP contribution is -2.28. The molecule has 1 aliphatic rings. The van der Waals surface area contributed by atoms with E-state index >= 15 is 0 Å². The molecule has 1 unspecified atom stereocenters. The Morgan fingerprint density at radius 1 is 1.47 bits per heavy atom. The molecular weight excluding hydrogens is 282 g/mol. The van der Waals surface area contributed by atoms with E-state index in [1.54, 1.807) is 24.3 Å². The van der Waals surface area contributed by atoms with Crippen LogP contribution in [0.3, 0.4) is 0 Å². The fourth-order valence-electron chi connectivity index (χ4n) is 2.23. The first-order valence-corrected chi connectivity index (χ1v) is 6.97. The fraction of sp³-hybridized carbons (Fsp3) is 0.462. The third-order valence-electron chi connectivity index (χ3n) is 3.22. The molecule has 1 aromatic carbocycles. The lowest BCUT2D eigenvalue weighted by molar-refractivity contribution is 0.0784. The Labute approximate surface area is 110 Å². The molecule has 1 aromatic rings. The second-order valence-corrected chi connectivity index (χ2v) is 5.19. The minimum Gasteiger partial charge on any atom is -0.507 e. The van der Waals surface area contributed by atoms with Crippen molar-refractivity contribution in [3.05, 3.63) is 29.8 Å². The van der Waals surface area contributed by atoms with Gasteiger partial charge in [-0.25, -0.2) is 0 Å². The second kappa shape index (κ2) is 5.54. The van der Waals surface area contributed by atoms with Crippen LogP contribution in [0, 0.1) is 5.92 Å². The van der Waals surface area contributed by atoms with Crippen LogP contribution in [-0.2, 0) is 0 Å². The highest BCUT2D eigenvalue weighted by molar-refractivity contribution is 9.09. The zero-order valence-electron chi connectivity index (χ0n) is 9.60. The van der Waals surface area contributed by atoms with Crippen LogP contribution >= 0.6 is 15.9 Å². The highest BCUT2D eigenvalue weighted by atomic mass is 79.9. The lowest BCUT2D eigenvalue weighted by atomic mass is 10.1. The standard InChI is InChI=1S/C13H16BrNO2/c14-7-5-10-6-8-15(9-10)13(17)11-3-1-2-4-12(11)16/h1-4,10,16H,5-9H2. The summed E-state index contributed by atoms with van der Waals surface area (Å²) in [5.74, 6) is 0.603. The first-order valence-electron chi connectivity index (χ1n) is 5.85. The van der Waals surface area contributed by atoms with Crippen molar-refractivity contribution < 1.29 is 9.90 Å². The molecular formula is C13H16BrNO2. The van der Waals surface area contributed by atoms with Crippen LogP contribution in [0.1, 0.15) is 23.2 Å². The molecule has 1 amide bonds. The highest BCUT2D eigenvalue weighted by Crippen LogP contribution is 2.24. The first kappa shape index (κ1) is 12.4. The van der Waals surface area contributed by atoms with Gasteiger partial charge in [0.05, 0.1) is 5.56 Å². The Balaban J connectivity index is 2.05. The van der Waals surface area contributed by atoms with Crippen LogP contribution in [0.15, 0.2) is 24.3 Å². The van der Waals surface area contributed by atoms with Gasteiger partial charge in [0.1, 0.15) is 5.75 Å². The number of alkyl halides is 1. The molecule has 3 nitrogen and oxygen atoms in total. The summed E-state index contributed by atoms with van der Waals surface area (Å²) >= 11 is 3.43. The summed E-state index contributed by atoms with van der Waals surface area (Å²) in [7, 11) is 0. The van der Waals surface area contributed by atoms with Gasteiger partial charge in [0.25, 0.3) is 5.91 Å².